The molecular formula is C13H13F2NO4S. The van der Waals surface area contributed by atoms with E-state index >= 15 is 0 Å². The summed E-state index contributed by atoms with van der Waals surface area (Å²) in [7, 11) is -4.72. The van der Waals surface area contributed by atoms with Crippen LogP contribution in [0.25, 0.3) is 0 Å². The van der Waals surface area contributed by atoms with E-state index in [0.29, 0.717) is 0 Å². The van der Waals surface area contributed by atoms with Crippen molar-refractivity contribution >= 4 is 21.5 Å². The van der Waals surface area contributed by atoms with E-state index in [9.17, 15) is 22.0 Å². The van der Waals surface area contributed by atoms with Crippen molar-refractivity contribution in [1.29, 1.82) is 0 Å². The van der Waals surface area contributed by atoms with Crippen LogP contribution in [-0.4, -0.2) is 31.3 Å². The standard InChI is InChI=1S/C13H13F2NO4S/c14-13(15)21(19,20)11-4-2-1-3-10(11)16-9-6-5-8(7-9)12(17)18/h1-6,8-9,13,16H,7H2,(H,17,18). The van der Waals surface area contributed by atoms with E-state index in [2.05, 4.69) is 5.32 Å². The molecule has 0 amide bonds. The second kappa shape index (κ2) is 5.80. The molecule has 2 unspecified atom stereocenters. The summed E-state index contributed by atoms with van der Waals surface area (Å²) < 4.78 is 48.5. The molecule has 0 saturated heterocycles. The minimum atomic E-state index is -4.72. The molecule has 0 saturated carbocycles. The molecule has 1 aliphatic rings. The van der Waals surface area contributed by atoms with Gasteiger partial charge < -0.3 is 10.4 Å². The first-order valence-electron chi connectivity index (χ1n) is 6.11. The Labute approximate surface area is 120 Å². The zero-order valence-corrected chi connectivity index (χ0v) is 11.6. The zero-order chi connectivity index (χ0) is 15.6. The minimum absolute atomic E-state index is 0.0403. The number of benzene rings is 1. The number of carbonyl (C=O) groups is 1. The van der Waals surface area contributed by atoms with Crippen LogP contribution >= 0.6 is 0 Å². The molecule has 2 atom stereocenters. The number of sulfone groups is 1. The lowest BCUT2D eigenvalue weighted by Gasteiger charge is -2.16. The Morgan fingerprint density at radius 1 is 1.29 bits per heavy atom. The van der Waals surface area contributed by atoms with Crippen LogP contribution in [0.15, 0.2) is 41.3 Å². The van der Waals surface area contributed by atoms with Crippen LogP contribution < -0.4 is 5.32 Å². The highest BCUT2D eigenvalue weighted by Gasteiger charge is 2.30. The van der Waals surface area contributed by atoms with Crippen LogP contribution in [0.1, 0.15) is 6.42 Å². The van der Waals surface area contributed by atoms with Gasteiger partial charge in [-0.25, -0.2) is 8.42 Å². The van der Waals surface area contributed by atoms with Gasteiger partial charge in [0.1, 0.15) is 0 Å². The molecule has 21 heavy (non-hydrogen) atoms. The maximum Gasteiger partial charge on any atom is 0.341 e. The van der Waals surface area contributed by atoms with Crippen LogP contribution in [0.3, 0.4) is 0 Å². The van der Waals surface area contributed by atoms with E-state index in [1.165, 1.54) is 24.3 Å². The summed E-state index contributed by atoms with van der Waals surface area (Å²) in [5.74, 6) is -5.16. The number of carboxylic acid groups (broad SMARTS) is 1. The number of halogens is 2. The summed E-state index contributed by atoms with van der Waals surface area (Å²) in [4.78, 5) is 10.3. The molecule has 0 heterocycles. The van der Waals surface area contributed by atoms with E-state index in [-0.39, 0.29) is 12.1 Å². The Hall–Kier alpha value is -1.96. The van der Waals surface area contributed by atoms with Gasteiger partial charge >= 0.3 is 11.7 Å². The second-order valence-electron chi connectivity index (χ2n) is 4.62. The molecule has 2 rings (SSSR count). The van der Waals surface area contributed by atoms with Crippen molar-refractivity contribution in [3.05, 3.63) is 36.4 Å². The molecule has 8 heteroatoms. The topological polar surface area (TPSA) is 83.5 Å². The summed E-state index contributed by atoms with van der Waals surface area (Å²) in [6.07, 6.45) is 3.31. The van der Waals surface area contributed by atoms with Gasteiger partial charge in [-0.15, -0.1) is 0 Å². The molecule has 0 bridgehead atoms. The Balaban J connectivity index is 2.23. The second-order valence-corrected chi connectivity index (χ2v) is 6.50. The molecule has 1 aromatic carbocycles. The average Bonchev–Trinajstić information content (AvgIpc) is 2.87. The van der Waals surface area contributed by atoms with Gasteiger partial charge in [-0.1, -0.05) is 24.3 Å². The molecule has 2 N–H and O–H groups in total. The number of aliphatic carboxylic acids is 1. The van der Waals surface area contributed by atoms with E-state index in [1.54, 1.807) is 6.08 Å². The zero-order valence-electron chi connectivity index (χ0n) is 10.7. The smallest absolute Gasteiger partial charge is 0.341 e. The van der Waals surface area contributed by atoms with Crippen molar-refractivity contribution in [3.63, 3.8) is 0 Å². The molecule has 0 spiro atoms. The third-order valence-electron chi connectivity index (χ3n) is 3.17. The molecule has 1 aromatic rings. The highest BCUT2D eigenvalue weighted by atomic mass is 32.2. The van der Waals surface area contributed by atoms with Gasteiger partial charge in [0.2, 0.25) is 9.84 Å². The van der Waals surface area contributed by atoms with Gasteiger partial charge in [-0.3, -0.25) is 4.79 Å². The Bertz CT molecular complexity index is 673. The van der Waals surface area contributed by atoms with Gasteiger partial charge in [0, 0.05) is 6.04 Å². The maximum atomic E-state index is 12.7. The van der Waals surface area contributed by atoms with Crippen molar-refractivity contribution in [2.45, 2.75) is 23.1 Å². The molecular weight excluding hydrogens is 304 g/mol. The number of para-hydroxylation sites is 1. The normalized spacial score (nSPS) is 21.7. The molecule has 1 aliphatic carbocycles. The highest BCUT2D eigenvalue weighted by molar-refractivity contribution is 7.91. The lowest BCUT2D eigenvalue weighted by atomic mass is 10.1. The van der Waals surface area contributed by atoms with Gasteiger partial charge in [-0.05, 0) is 18.6 Å². The van der Waals surface area contributed by atoms with Gasteiger partial charge in [0.15, 0.2) is 0 Å². The van der Waals surface area contributed by atoms with Crippen LogP contribution in [0.5, 0.6) is 0 Å². The van der Waals surface area contributed by atoms with Gasteiger partial charge in [0.25, 0.3) is 0 Å². The number of alkyl halides is 2. The summed E-state index contributed by atoms with van der Waals surface area (Å²) in [6.45, 7) is 0. The average molecular weight is 317 g/mol. The first-order chi connectivity index (χ1) is 9.82. The number of hydrogen-bond donors (Lipinski definition) is 2. The summed E-state index contributed by atoms with van der Waals surface area (Å²) in [6, 6.07) is 4.92. The summed E-state index contributed by atoms with van der Waals surface area (Å²) in [5, 5.41) is 11.7. The largest absolute Gasteiger partial charge is 0.481 e. The van der Waals surface area contributed by atoms with E-state index in [0.717, 1.165) is 6.07 Å². The van der Waals surface area contributed by atoms with Crippen molar-refractivity contribution in [1.82, 2.24) is 0 Å². The predicted molar refractivity (Wildman–Crippen MR) is 71.9 cm³/mol. The number of anilines is 1. The summed E-state index contributed by atoms with van der Waals surface area (Å²) in [5.41, 5.74) is 0.0403. The molecule has 0 radical (unpaired) electrons. The third kappa shape index (κ3) is 3.21. The van der Waals surface area contributed by atoms with Gasteiger partial charge in [-0.2, -0.15) is 8.78 Å². The molecule has 114 valence electrons. The van der Waals surface area contributed by atoms with Crippen LogP contribution in [-0.2, 0) is 14.6 Å². The van der Waals surface area contributed by atoms with E-state index < -0.39 is 38.4 Å². The number of hydrogen-bond acceptors (Lipinski definition) is 4. The van der Waals surface area contributed by atoms with Crippen LogP contribution in [0.4, 0.5) is 14.5 Å². The van der Waals surface area contributed by atoms with Crippen molar-refractivity contribution in [3.8, 4) is 0 Å². The molecule has 0 aliphatic heterocycles. The minimum Gasteiger partial charge on any atom is -0.481 e. The number of carboxylic acids is 1. The Morgan fingerprint density at radius 3 is 2.52 bits per heavy atom. The Morgan fingerprint density at radius 2 is 1.95 bits per heavy atom. The van der Waals surface area contributed by atoms with Crippen molar-refractivity contribution < 1.29 is 27.1 Å². The summed E-state index contributed by atoms with van der Waals surface area (Å²) >= 11 is 0. The van der Waals surface area contributed by atoms with Crippen LogP contribution in [0.2, 0.25) is 0 Å². The predicted octanol–water partition coefficient (Wildman–Crippen LogP) is 2.12. The lowest BCUT2D eigenvalue weighted by molar-refractivity contribution is -0.140. The molecule has 0 aromatic heterocycles. The molecule has 0 fully saturated rings. The fourth-order valence-electron chi connectivity index (χ4n) is 2.12. The first-order valence-corrected chi connectivity index (χ1v) is 7.65. The maximum absolute atomic E-state index is 12.7. The number of nitrogens with one attached hydrogen (secondary N) is 1. The van der Waals surface area contributed by atoms with Crippen molar-refractivity contribution in [2.75, 3.05) is 5.32 Å². The van der Waals surface area contributed by atoms with Crippen LogP contribution in [0, 0.1) is 5.92 Å². The van der Waals surface area contributed by atoms with E-state index in [1.807, 2.05) is 0 Å². The van der Waals surface area contributed by atoms with Crippen molar-refractivity contribution in [2.24, 2.45) is 5.92 Å². The van der Waals surface area contributed by atoms with E-state index in [4.69, 9.17) is 5.11 Å². The highest BCUT2D eigenvalue weighted by Crippen LogP contribution is 2.29. The van der Waals surface area contributed by atoms with Gasteiger partial charge in [0.05, 0.1) is 16.5 Å². The first kappa shape index (κ1) is 15.4. The SMILES string of the molecule is O=C(O)C1C=CC(Nc2ccccc2S(=O)(=O)C(F)F)C1. The molecule has 5 nitrogen and oxygen atoms in total. The fourth-order valence-corrected chi connectivity index (χ4v) is 3.01. The number of rotatable bonds is 5. The lowest BCUT2D eigenvalue weighted by Crippen LogP contribution is -2.21. The third-order valence-corrected chi connectivity index (χ3v) is 4.61. The fraction of sp³-hybridized carbons (Fsp3) is 0.308. The Kier molecular flexibility index (Phi) is 4.26. The quantitative estimate of drug-likeness (QED) is 0.813. The monoisotopic (exact) mass is 317 g/mol.